The lowest BCUT2D eigenvalue weighted by atomic mass is 10.2. The molecule has 29 heavy (non-hydrogen) atoms. The Balaban J connectivity index is 1.57. The summed E-state index contributed by atoms with van der Waals surface area (Å²) in [5, 5.41) is 22.5. The number of hydrogen-bond donors (Lipinski definition) is 1. The number of methoxy groups -OCH3 is 1. The van der Waals surface area contributed by atoms with Gasteiger partial charge in [-0.2, -0.15) is 0 Å². The van der Waals surface area contributed by atoms with Crippen LogP contribution >= 0.6 is 23.2 Å². The van der Waals surface area contributed by atoms with Crippen LogP contribution in [0.3, 0.4) is 0 Å². The number of ether oxygens (including phenoxy) is 1. The molecule has 0 unspecified atom stereocenters. The first-order valence-electron chi connectivity index (χ1n) is 8.25. The molecule has 13 heteroatoms. The van der Waals surface area contributed by atoms with Gasteiger partial charge in [0.1, 0.15) is 12.5 Å². The standard InChI is InChI=1S/C16H15Cl2N7O4/c1-29-15-13(25(27)28)8-23(21-15)6-5-14(26)20-16-19-9-24(22-16)7-10-11(17)3-2-4-12(10)18/h2-4,8-9H,5-7H2,1H3,(H,20,22,26). The maximum absolute atomic E-state index is 12.1. The minimum atomic E-state index is -0.607. The third-order valence-corrected chi connectivity index (χ3v) is 4.55. The van der Waals surface area contributed by atoms with Crippen molar-refractivity contribution in [2.24, 2.45) is 0 Å². The van der Waals surface area contributed by atoms with Crippen LogP contribution in [0.2, 0.25) is 10.0 Å². The smallest absolute Gasteiger partial charge is 0.350 e. The molecule has 2 aromatic heterocycles. The number of aryl methyl sites for hydroxylation is 1. The van der Waals surface area contributed by atoms with E-state index in [1.165, 1.54) is 29.0 Å². The molecule has 1 N–H and O–H groups in total. The molecule has 0 aliphatic carbocycles. The molecular weight excluding hydrogens is 425 g/mol. The summed E-state index contributed by atoms with van der Waals surface area (Å²) >= 11 is 12.3. The lowest BCUT2D eigenvalue weighted by Gasteiger charge is -2.06. The monoisotopic (exact) mass is 439 g/mol. The number of aromatic nitrogens is 5. The molecule has 0 spiro atoms. The highest BCUT2D eigenvalue weighted by Crippen LogP contribution is 2.25. The van der Waals surface area contributed by atoms with Crippen LogP contribution in [0.15, 0.2) is 30.7 Å². The van der Waals surface area contributed by atoms with Crippen LogP contribution in [0.25, 0.3) is 0 Å². The van der Waals surface area contributed by atoms with Gasteiger partial charge in [-0.25, -0.2) is 9.67 Å². The van der Waals surface area contributed by atoms with E-state index in [-0.39, 0.29) is 42.9 Å². The highest BCUT2D eigenvalue weighted by molar-refractivity contribution is 6.35. The van der Waals surface area contributed by atoms with E-state index in [1.807, 2.05) is 0 Å². The van der Waals surface area contributed by atoms with Crippen molar-refractivity contribution in [1.82, 2.24) is 24.5 Å². The van der Waals surface area contributed by atoms with Gasteiger partial charge >= 0.3 is 11.6 Å². The minimum absolute atomic E-state index is 0.00682. The molecule has 2 heterocycles. The number of rotatable bonds is 8. The molecule has 152 valence electrons. The zero-order valence-corrected chi connectivity index (χ0v) is 16.6. The highest BCUT2D eigenvalue weighted by Gasteiger charge is 2.20. The summed E-state index contributed by atoms with van der Waals surface area (Å²) in [6, 6.07) is 5.18. The molecule has 0 aliphatic rings. The SMILES string of the molecule is COc1nn(CCC(=O)Nc2ncn(Cc3c(Cl)cccc3Cl)n2)cc1[N+](=O)[O-]. The molecule has 3 aromatic rings. The molecular formula is C16H15Cl2N7O4. The number of nitrogens with one attached hydrogen (secondary N) is 1. The first-order valence-corrected chi connectivity index (χ1v) is 9.01. The first-order chi connectivity index (χ1) is 13.9. The summed E-state index contributed by atoms with van der Waals surface area (Å²) < 4.78 is 7.60. The van der Waals surface area contributed by atoms with Gasteiger partial charge in [0.05, 0.1) is 25.1 Å². The molecule has 1 aromatic carbocycles. The average molecular weight is 440 g/mol. The third-order valence-electron chi connectivity index (χ3n) is 3.84. The lowest BCUT2D eigenvalue weighted by molar-refractivity contribution is -0.385. The van der Waals surface area contributed by atoms with Gasteiger partial charge in [-0.05, 0) is 12.1 Å². The summed E-state index contributed by atoms with van der Waals surface area (Å²) in [4.78, 5) is 26.4. The molecule has 11 nitrogen and oxygen atoms in total. The van der Waals surface area contributed by atoms with Gasteiger partial charge in [0.25, 0.3) is 0 Å². The first kappa shape index (κ1) is 20.6. The molecule has 0 aliphatic heterocycles. The van der Waals surface area contributed by atoms with Crippen LogP contribution in [0, 0.1) is 10.1 Å². The van der Waals surface area contributed by atoms with E-state index in [1.54, 1.807) is 18.2 Å². The Bertz CT molecular complexity index is 1030. The zero-order valence-electron chi connectivity index (χ0n) is 15.1. The number of benzene rings is 1. The quantitative estimate of drug-likeness (QED) is 0.421. The van der Waals surface area contributed by atoms with Crippen LogP contribution < -0.4 is 10.1 Å². The van der Waals surface area contributed by atoms with E-state index in [0.29, 0.717) is 15.6 Å². The van der Waals surface area contributed by atoms with Crippen LogP contribution in [0.5, 0.6) is 5.88 Å². The van der Waals surface area contributed by atoms with E-state index >= 15 is 0 Å². The average Bonchev–Trinajstić information content (AvgIpc) is 3.29. The zero-order chi connectivity index (χ0) is 21.0. The van der Waals surface area contributed by atoms with Crippen molar-refractivity contribution in [2.45, 2.75) is 19.5 Å². The summed E-state index contributed by atoms with van der Waals surface area (Å²) in [6.07, 6.45) is 2.65. The number of carbonyl (C=O) groups is 1. The fourth-order valence-electron chi connectivity index (χ4n) is 2.46. The fraction of sp³-hybridized carbons (Fsp3) is 0.250. The van der Waals surface area contributed by atoms with Crippen molar-refractivity contribution in [3.05, 3.63) is 56.4 Å². The van der Waals surface area contributed by atoms with Gasteiger partial charge in [0.15, 0.2) is 0 Å². The lowest BCUT2D eigenvalue weighted by Crippen LogP contribution is -2.16. The van der Waals surface area contributed by atoms with Crippen LogP contribution in [-0.4, -0.2) is 42.5 Å². The van der Waals surface area contributed by atoms with Crippen molar-refractivity contribution in [2.75, 3.05) is 12.4 Å². The third kappa shape index (κ3) is 5.00. The van der Waals surface area contributed by atoms with E-state index in [4.69, 9.17) is 27.9 Å². The number of hydrogen-bond acceptors (Lipinski definition) is 7. The molecule has 1 amide bonds. The van der Waals surface area contributed by atoms with Crippen molar-refractivity contribution < 1.29 is 14.5 Å². The second-order valence-corrected chi connectivity index (χ2v) is 6.62. The normalized spacial score (nSPS) is 10.7. The van der Waals surface area contributed by atoms with E-state index in [0.717, 1.165) is 0 Å². The Morgan fingerprint density at radius 3 is 2.62 bits per heavy atom. The van der Waals surface area contributed by atoms with Gasteiger partial charge < -0.3 is 4.74 Å². The minimum Gasteiger partial charge on any atom is -0.475 e. The van der Waals surface area contributed by atoms with Crippen molar-refractivity contribution in [1.29, 1.82) is 0 Å². The van der Waals surface area contributed by atoms with Crippen LogP contribution in [0.1, 0.15) is 12.0 Å². The predicted octanol–water partition coefficient (Wildman–Crippen LogP) is 2.78. The number of nitro groups is 1. The Hall–Kier alpha value is -3.18. The van der Waals surface area contributed by atoms with Crippen LogP contribution in [0.4, 0.5) is 11.6 Å². The maximum Gasteiger partial charge on any atom is 0.350 e. The number of anilines is 1. The Kier molecular flexibility index (Phi) is 6.29. The highest BCUT2D eigenvalue weighted by atomic mass is 35.5. The summed E-state index contributed by atoms with van der Waals surface area (Å²) in [5.74, 6) is -0.383. The molecule has 0 saturated carbocycles. The summed E-state index contributed by atoms with van der Waals surface area (Å²) in [7, 11) is 1.28. The number of amides is 1. The number of halogens is 2. The molecule has 0 saturated heterocycles. The summed E-state index contributed by atoms with van der Waals surface area (Å²) in [6.45, 7) is 0.407. The van der Waals surface area contributed by atoms with Crippen LogP contribution in [-0.2, 0) is 17.9 Å². The molecule has 3 rings (SSSR count). The van der Waals surface area contributed by atoms with Gasteiger partial charge in [0.2, 0.25) is 11.9 Å². The Morgan fingerprint density at radius 1 is 1.28 bits per heavy atom. The van der Waals surface area contributed by atoms with E-state index in [2.05, 4.69) is 20.5 Å². The van der Waals surface area contributed by atoms with Gasteiger partial charge in [-0.1, -0.05) is 29.3 Å². The second-order valence-electron chi connectivity index (χ2n) is 5.81. The molecule has 0 radical (unpaired) electrons. The molecule has 0 fully saturated rings. The second kappa shape index (κ2) is 8.88. The maximum atomic E-state index is 12.1. The topological polar surface area (TPSA) is 130 Å². The largest absolute Gasteiger partial charge is 0.475 e. The summed E-state index contributed by atoms with van der Waals surface area (Å²) in [5.41, 5.74) is 0.416. The van der Waals surface area contributed by atoms with Gasteiger partial charge in [-0.15, -0.1) is 10.2 Å². The van der Waals surface area contributed by atoms with Crippen molar-refractivity contribution in [3.63, 3.8) is 0 Å². The molecule has 0 atom stereocenters. The van der Waals surface area contributed by atoms with E-state index in [9.17, 15) is 14.9 Å². The van der Waals surface area contributed by atoms with Crippen molar-refractivity contribution in [3.8, 4) is 5.88 Å². The fourth-order valence-corrected chi connectivity index (χ4v) is 2.97. The predicted molar refractivity (Wildman–Crippen MR) is 104 cm³/mol. The van der Waals surface area contributed by atoms with Crippen molar-refractivity contribution >= 4 is 40.7 Å². The van der Waals surface area contributed by atoms with Gasteiger partial charge in [0, 0.05) is 22.0 Å². The Labute approximate surface area is 174 Å². The number of carbonyl (C=O) groups excluding carboxylic acids is 1. The number of nitrogens with zero attached hydrogens (tertiary/aromatic N) is 6. The Morgan fingerprint density at radius 2 is 2.00 bits per heavy atom. The van der Waals surface area contributed by atoms with Gasteiger partial charge in [-0.3, -0.25) is 24.9 Å². The molecule has 0 bridgehead atoms. The van der Waals surface area contributed by atoms with E-state index < -0.39 is 4.92 Å².